The van der Waals surface area contributed by atoms with Crippen molar-refractivity contribution in [3.05, 3.63) is 94.1 Å². The van der Waals surface area contributed by atoms with Crippen LogP contribution < -0.4 is 4.90 Å². The molecular weight excluding hydrogens is 480 g/mol. The van der Waals surface area contributed by atoms with Crippen LogP contribution in [0.3, 0.4) is 0 Å². The van der Waals surface area contributed by atoms with Crippen molar-refractivity contribution in [2.24, 2.45) is 0 Å². The normalized spacial score (nSPS) is 15.6. The topological polar surface area (TPSA) is 25.4 Å². The summed E-state index contributed by atoms with van der Waals surface area (Å²) in [7, 11) is 0. The Morgan fingerprint density at radius 2 is 1.76 bits per heavy atom. The number of benzene rings is 2. The first-order valence-electron chi connectivity index (χ1n) is 12.3. The third-order valence-electron chi connectivity index (χ3n) is 7.12. The molecular formula is C29H30F4N4. The number of aryl methyl sites for hydroxylation is 1. The summed E-state index contributed by atoms with van der Waals surface area (Å²) in [6.07, 6.45) is -1.37. The molecule has 0 saturated carbocycles. The minimum absolute atomic E-state index is 0.109. The maximum absolute atomic E-state index is 15.0. The molecule has 1 aliphatic heterocycles. The summed E-state index contributed by atoms with van der Waals surface area (Å²) < 4.78 is 56.7. The van der Waals surface area contributed by atoms with Gasteiger partial charge in [0.05, 0.1) is 12.0 Å². The van der Waals surface area contributed by atoms with Crippen molar-refractivity contribution in [3.63, 3.8) is 0 Å². The van der Waals surface area contributed by atoms with E-state index in [9.17, 15) is 13.2 Å². The average Bonchev–Trinajstić information content (AvgIpc) is 3.24. The van der Waals surface area contributed by atoms with E-state index in [4.69, 9.17) is 6.57 Å². The quantitative estimate of drug-likeness (QED) is 0.254. The first-order chi connectivity index (χ1) is 17.5. The van der Waals surface area contributed by atoms with Crippen LogP contribution in [0, 0.1) is 13.5 Å². The van der Waals surface area contributed by atoms with E-state index in [0.717, 1.165) is 56.7 Å². The highest BCUT2D eigenvalue weighted by molar-refractivity contribution is 5.75. The van der Waals surface area contributed by atoms with Crippen molar-refractivity contribution >= 4 is 17.6 Å². The number of hydrogen-bond acceptors (Lipinski definition) is 2. The number of anilines is 1. The summed E-state index contributed by atoms with van der Waals surface area (Å²) in [6.45, 7) is 13.5. The predicted octanol–water partition coefficient (Wildman–Crippen LogP) is 7.44. The molecule has 4 rings (SSSR count). The second kappa shape index (κ2) is 10.4. The van der Waals surface area contributed by atoms with Crippen LogP contribution in [0.4, 0.5) is 23.2 Å². The lowest BCUT2D eigenvalue weighted by molar-refractivity contribution is -0.180. The number of aromatic nitrogens is 2. The third-order valence-corrected chi connectivity index (χ3v) is 7.12. The third kappa shape index (κ3) is 5.87. The van der Waals surface area contributed by atoms with E-state index in [-0.39, 0.29) is 17.3 Å². The molecule has 8 heteroatoms. The van der Waals surface area contributed by atoms with Crippen LogP contribution in [-0.4, -0.2) is 35.1 Å². The molecule has 4 nitrogen and oxygen atoms in total. The van der Waals surface area contributed by atoms with Crippen LogP contribution in [0.15, 0.2) is 54.6 Å². The Labute approximate surface area is 215 Å². The Kier molecular flexibility index (Phi) is 7.44. The molecule has 194 valence electrons. The van der Waals surface area contributed by atoms with Crippen LogP contribution in [0.5, 0.6) is 0 Å². The highest BCUT2D eigenvalue weighted by Gasteiger charge is 2.48. The van der Waals surface area contributed by atoms with Gasteiger partial charge < -0.3 is 9.74 Å². The van der Waals surface area contributed by atoms with Gasteiger partial charge in [-0.25, -0.2) is 11.0 Å². The fourth-order valence-electron chi connectivity index (χ4n) is 4.44. The lowest BCUT2D eigenvalue weighted by Crippen LogP contribution is -2.36. The van der Waals surface area contributed by atoms with Gasteiger partial charge in [0.15, 0.2) is 5.83 Å². The van der Waals surface area contributed by atoms with Gasteiger partial charge in [-0.2, -0.15) is 18.3 Å². The van der Waals surface area contributed by atoms with Gasteiger partial charge in [0.2, 0.25) is 6.04 Å². The SMILES string of the molecule is [C-]#[N+]C1CCN(c2cccc(Cn3nc(/C(F)=C/c4ccc(C(C)(C)C(F)(F)F)cc4)cc3C)c2)CC1. The second-order valence-electron chi connectivity index (χ2n) is 10.1. The molecule has 37 heavy (non-hydrogen) atoms. The molecule has 3 aromatic rings. The summed E-state index contributed by atoms with van der Waals surface area (Å²) in [6, 6.07) is 15.7. The van der Waals surface area contributed by atoms with E-state index < -0.39 is 17.4 Å². The number of halogens is 4. The number of alkyl halides is 3. The van der Waals surface area contributed by atoms with E-state index >= 15 is 4.39 Å². The maximum Gasteiger partial charge on any atom is 0.397 e. The Morgan fingerprint density at radius 1 is 1.08 bits per heavy atom. The van der Waals surface area contributed by atoms with E-state index in [1.165, 1.54) is 30.3 Å². The Bertz CT molecular complexity index is 1300. The molecule has 0 bridgehead atoms. The minimum atomic E-state index is -4.38. The summed E-state index contributed by atoms with van der Waals surface area (Å²) in [5, 5.41) is 4.43. The van der Waals surface area contributed by atoms with Crippen LogP contribution >= 0.6 is 0 Å². The first kappa shape index (κ1) is 26.5. The zero-order chi connectivity index (χ0) is 26.8. The van der Waals surface area contributed by atoms with Crippen LogP contribution in [0.25, 0.3) is 16.7 Å². The molecule has 0 N–H and O–H groups in total. The Morgan fingerprint density at radius 3 is 2.38 bits per heavy atom. The molecule has 0 amide bonds. The van der Waals surface area contributed by atoms with Crippen molar-refractivity contribution in [1.82, 2.24) is 9.78 Å². The summed E-state index contributed by atoms with van der Waals surface area (Å²) in [4.78, 5) is 5.95. The fourth-order valence-corrected chi connectivity index (χ4v) is 4.44. The lowest BCUT2D eigenvalue weighted by Gasteiger charge is -2.29. The van der Waals surface area contributed by atoms with Gasteiger partial charge in [0, 0.05) is 37.3 Å². The van der Waals surface area contributed by atoms with Crippen molar-refractivity contribution in [2.45, 2.75) is 57.8 Å². The van der Waals surface area contributed by atoms with Gasteiger partial charge in [0.1, 0.15) is 5.69 Å². The van der Waals surface area contributed by atoms with Crippen LogP contribution in [0.1, 0.15) is 54.8 Å². The van der Waals surface area contributed by atoms with Gasteiger partial charge >= 0.3 is 6.18 Å². The number of rotatable bonds is 6. The average molecular weight is 511 g/mol. The van der Waals surface area contributed by atoms with Crippen LogP contribution in [-0.2, 0) is 12.0 Å². The number of hydrogen-bond donors (Lipinski definition) is 0. The van der Waals surface area contributed by atoms with Gasteiger partial charge in [-0.15, -0.1) is 0 Å². The standard InChI is InChI=1S/C29H30F4N4/c1-20-16-27(26(30)18-21-8-10-23(11-9-21)28(2,3)29(31,32)33)35-37(20)19-22-6-5-7-25(17-22)36-14-12-24(34-4)13-15-36/h5-11,16-18,24H,12-15,19H2,1-3H3/b26-18-. The van der Waals surface area contributed by atoms with E-state index in [0.29, 0.717) is 12.1 Å². The Balaban J connectivity index is 1.47. The zero-order valence-corrected chi connectivity index (χ0v) is 21.2. The highest BCUT2D eigenvalue weighted by atomic mass is 19.4. The first-order valence-corrected chi connectivity index (χ1v) is 12.3. The summed E-state index contributed by atoms with van der Waals surface area (Å²) >= 11 is 0. The zero-order valence-electron chi connectivity index (χ0n) is 21.2. The molecule has 1 fully saturated rings. The second-order valence-corrected chi connectivity index (χ2v) is 10.1. The highest BCUT2D eigenvalue weighted by Crippen LogP contribution is 2.40. The van der Waals surface area contributed by atoms with Crippen molar-refractivity contribution in [3.8, 4) is 0 Å². The predicted molar refractivity (Wildman–Crippen MR) is 139 cm³/mol. The number of piperidine rings is 1. The summed E-state index contributed by atoms with van der Waals surface area (Å²) in [5.74, 6) is -0.555. The lowest BCUT2D eigenvalue weighted by atomic mass is 9.83. The molecule has 2 heterocycles. The molecule has 2 aromatic carbocycles. The molecule has 0 unspecified atom stereocenters. The van der Waals surface area contributed by atoms with E-state index in [2.05, 4.69) is 27.0 Å². The molecule has 1 aliphatic rings. The van der Waals surface area contributed by atoms with Crippen molar-refractivity contribution < 1.29 is 17.6 Å². The van der Waals surface area contributed by atoms with Crippen molar-refractivity contribution in [2.75, 3.05) is 18.0 Å². The van der Waals surface area contributed by atoms with Gasteiger partial charge in [-0.3, -0.25) is 4.68 Å². The fraction of sp³-hybridized carbons (Fsp3) is 0.379. The Hall–Kier alpha value is -3.60. The summed E-state index contributed by atoms with van der Waals surface area (Å²) in [5.41, 5.74) is 1.70. The molecule has 0 atom stereocenters. The van der Waals surface area contributed by atoms with Crippen molar-refractivity contribution in [1.29, 1.82) is 0 Å². The number of nitrogens with zero attached hydrogens (tertiary/aromatic N) is 4. The molecule has 0 spiro atoms. The van der Waals surface area contributed by atoms with E-state index in [1.807, 2.05) is 19.1 Å². The monoisotopic (exact) mass is 510 g/mol. The van der Waals surface area contributed by atoms with Gasteiger partial charge in [-0.05, 0) is 61.7 Å². The largest absolute Gasteiger partial charge is 0.397 e. The van der Waals surface area contributed by atoms with Crippen LogP contribution in [0.2, 0.25) is 0 Å². The van der Waals surface area contributed by atoms with Gasteiger partial charge in [0.25, 0.3) is 0 Å². The van der Waals surface area contributed by atoms with Gasteiger partial charge in [-0.1, -0.05) is 36.4 Å². The molecule has 0 radical (unpaired) electrons. The minimum Gasteiger partial charge on any atom is -0.371 e. The van der Waals surface area contributed by atoms with E-state index in [1.54, 1.807) is 10.7 Å². The molecule has 1 saturated heterocycles. The molecule has 1 aromatic heterocycles. The molecule has 0 aliphatic carbocycles. The smallest absolute Gasteiger partial charge is 0.371 e. The maximum atomic E-state index is 15.0.